The summed E-state index contributed by atoms with van der Waals surface area (Å²) in [5.41, 5.74) is 3.19. The molecule has 0 saturated carbocycles. The van der Waals surface area contributed by atoms with Gasteiger partial charge >= 0.3 is 0 Å². The molecule has 5 nitrogen and oxygen atoms in total. The van der Waals surface area contributed by atoms with E-state index in [0.717, 1.165) is 24.2 Å². The van der Waals surface area contributed by atoms with E-state index < -0.39 is 0 Å². The molecule has 3 aromatic rings. The van der Waals surface area contributed by atoms with Gasteiger partial charge in [-0.15, -0.1) is 21.5 Å². The van der Waals surface area contributed by atoms with Crippen LogP contribution in [0.25, 0.3) is 5.69 Å². The van der Waals surface area contributed by atoms with E-state index in [2.05, 4.69) is 28.6 Å². The molecule has 27 heavy (non-hydrogen) atoms. The minimum absolute atomic E-state index is 0.126. The standard InChI is InChI=1S/C19H19ClN4OS2/c1-12-3-4-14(9-16(12)20)24-11-21-22-19(24)27-10-18(25)23-7-5-17-15(13(23)2)6-8-26-17/h3-4,6,8-9,11,13H,5,7,10H2,1-2H3/t13-/m0/s1. The predicted octanol–water partition coefficient (Wildman–Crippen LogP) is 4.53. The first-order valence-corrected chi connectivity index (χ1v) is 10.9. The summed E-state index contributed by atoms with van der Waals surface area (Å²) in [6.45, 7) is 4.84. The third-order valence-electron chi connectivity index (χ3n) is 4.87. The molecule has 0 aliphatic carbocycles. The lowest BCUT2D eigenvalue weighted by molar-refractivity contribution is -0.130. The summed E-state index contributed by atoms with van der Waals surface area (Å²) >= 11 is 9.42. The lowest BCUT2D eigenvalue weighted by atomic mass is 10.0. The average molecular weight is 419 g/mol. The summed E-state index contributed by atoms with van der Waals surface area (Å²) in [6.07, 6.45) is 2.58. The molecule has 0 fully saturated rings. The van der Waals surface area contributed by atoms with Crippen molar-refractivity contribution in [3.63, 3.8) is 0 Å². The van der Waals surface area contributed by atoms with Crippen molar-refractivity contribution in [1.29, 1.82) is 0 Å². The molecule has 1 amide bonds. The quantitative estimate of drug-likeness (QED) is 0.584. The first-order chi connectivity index (χ1) is 13.0. The van der Waals surface area contributed by atoms with Crippen LogP contribution in [0.5, 0.6) is 0 Å². The highest BCUT2D eigenvalue weighted by Gasteiger charge is 2.28. The number of aromatic nitrogens is 3. The second-order valence-corrected chi connectivity index (χ2v) is 8.87. The van der Waals surface area contributed by atoms with Gasteiger partial charge in [0.25, 0.3) is 0 Å². The van der Waals surface area contributed by atoms with Gasteiger partial charge in [-0.1, -0.05) is 29.4 Å². The minimum atomic E-state index is 0.126. The molecule has 4 rings (SSSR count). The molecule has 2 aromatic heterocycles. The SMILES string of the molecule is Cc1ccc(-n2cnnc2SCC(=O)N2CCc3sccc3[C@@H]2C)cc1Cl. The Hall–Kier alpha value is -1.83. The predicted molar refractivity (Wildman–Crippen MR) is 110 cm³/mol. The van der Waals surface area contributed by atoms with Crippen LogP contribution in [0.4, 0.5) is 0 Å². The zero-order valence-corrected chi connectivity index (χ0v) is 17.4. The van der Waals surface area contributed by atoms with Crippen LogP contribution in [0.3, 0.4) is 0 Å². The average Bonchev–Trinajstić information content (AvgIpc) is 3.32. The number of benzene rings is 1. The largest absolute Gasteiger partial charge is 0.335 e. The summed E-state index contributed by atoms with van der Waals surface area (Å²) in [7, 11) is 0. The number of hydrogen-bond acceptors (Lipinski definition) is 5. The Kier molecular flexibility index (Phi) is 5.25. The summed E-state index contributed by atoms with van der Waals surface area (Å²) in [5, 5.41) is 11.7. The zero-order valence-electron chi connectivity index (χ0n) is 15.1. The fourth-order valence-electron chi connectivity index (χ4n) is 3.29. The number of halogens is 1. The molecule has 0 N–H and O–H groups in total. The van der Waals surface area contributed by atoms with Crippen LogP contribution < -0.4 is 0 Å². The summed E-state index contributed by atoms with van der Waals surface area (Å²) in [4.78, 5) is 16.2. The van der Waals surface area contributed by atoms with E-state index >= 15 is 0 Å². The van der Waals surface area contributed by atoms with Crippen LogP contribution in [0.1, 0.15) is 29.0 Å². The molecule has 0 unspecified atom stereocenters. The van der Waals surface area contributed by atoms with E-state index in [1.807, 2.05) is 34.6 Å². The molecule has 3 heterocycles. The molecule has 1 atom stereocenters. The van der Waals surface area contributed by atoms with Crippen molar-refractivity contribution in [2.24, 2.45) is 0 Å². The zero-order chi connectivity index (χ0) is 19.0. The maximum atomic E-state index is 12.8. The Labute approximate surface area is 171 Å². The fourth-order valence-corrected chi connectivity index (χ4v) is 5.24. The van der Waals surface area contributed by atoms with Crippen molar-refractivity contribution < 1.29 is 4.79 Å². The van der Waals surface area contributed by atoms with Crippen molar-refractivity contribution in [3.05, 3.63) is 57.0 Å². The molecule has 0 bridgehead atoms. The normalized spacial score (nSPS) is 16.4. The van der Waals surface area contributed by atoms with E-state index in [9.17, 15) is 4.79 Å². The number of carbonyl (C=O) groups excluding carboxylic acids is 1. The van der Waals surface area contributed by atoms with Crippen molar-refractivity contribution in [1.82, 2.24) is 19.7 Å². The first-order valence-electron chi connectivity index (χ1n) is 8.69. The number of thioether (sulfide) groups is 1. The van der Waals surface area contributed by atoms with Crippen LogP contribution in [0, 0.1) is 6.92 Å². The minimum Gasteiger partial charge on any atom is -0.335 e. The van der Waals surface area contributed by atoms with Crippen molar-refractivity contribution in [2.45, 2.75) is 31.5 Å². The summed E-state index contributed by atoms with van der Waals surface area (Å²) in [5.74, 6) is 0.461. The monoisotopic (exact) mass is 418 g/mol. The molecule has 1 aliphatic heterocycles. The number of aryl methyl sites for hydroxylation is 1. The third-order valence-corrected chi connectivity index (χ3v) is 7.20. The van der Waals surface area contributed by atoms with Gasteiger partial charge < -0.3 is 4.90 Å². The Bertz CT molecular complexity index is 984. The van der Waals surface area contributed by atoms with Gasteiger partial charge in [-0.25, -0.2) is 0 Å². The number of carbonyl (C=O) groups is 1. The molecule has 0 spiro atoms. The highest BCUT2D eigenvalue weighted by Crippen LogP contribution is 2.33. The molecular formula is C19H19ClN4OS2. The number of amides is 1. The van der Waals surface area contributed by atoms with E-state index in [0.29, 0.717) is 15.9 Å². The van der Waals surface area contributed by atoms with Crippen molar-refractivity contribution in [3.8, 4) is 5.69 Å². The molecule has 0 saturated heterocycles. The Morgan fingerprint density at radius 1 is 1.41 bits per heavy atom. The molecule has 1 aromatic carbocycles. The van der Waals surface area contributed by atoms with E-state index in [1.54, 1.807) is 17.7 Å². The Morgan fingerprint density at radius 3 is 3.07 bits per heavy atom. The van der Waals surface area contributed by atoms with Gasteiger partial charge in [-0.2, -0.15) is 0 Å². The van der Waals surface area contributed by atoms with E-state index in [4.69, 9.17) is 11.6 Å². The second kappa shape index (κ2) is 7.66. The van der Waals surface area contributed by atoms with Gasteiger partial charge in [0.1, 0.15) is 6.33 Å². The molecule has 0 radical (unpaired) electrons. The lowest BCUT2D eigenvalue weighted by Gasteiger charge is -2.33. The number of rotatable bonds is 4. The van der Waals surface area contributed by atoms with Crippen molar-refractivity contribution >= 4 is 40.6 Å². The third kappa shape index (κ3) is 3.63. The molecule has 140 valence electrons. The van der Waals surface area contributed by atoms with Gasteiger partial charge in [-0.3, -0.25) is 9.36 Å². The molecular weight excluding hydrogens is 400 g/mol. The summed E-state index contributed by atoms with van der Waals surface area (Å²) in [6, 6.07) is 8.08. The molecule has 1 aliphatic rings. The van der Waals surface area contributed by atoms with Crippen LogP contribution in [0.15, 0.2) is 41.1 Å². The van der Waals surface area contributed by atoms with Crippen LogP contribution in [-0.4, -0.2) is 37.9 Å². The Balaban J connectivity index is 1.46. The van der Waals surface area contributed by atoms with Crippen LogP contribution in [-0.2, 0) is 11.2 Å². The van der Waals surface area contributed by atoms with E-state index in [-0.39, 0.29) is 11.9 Å². The van der Waals surface area contributed by atoms with Gasteiger partial charge in [0.2, 0.25) is 5.91 Å². The van der Waals surface area contributed by atoms with E-state index in [1.165, 1.54) is 22.2 Å². The van der Waals surface area contributed by atoms with Crippen LogP contribution >= 0.6 is 34.7 Å². The highest BCUT2D eigenvalue weighted by atomic mass is 35.5. The maximum absolute atomic E-state index is 12.8. The fraction of sp³-hybridized carbons (Fsp3) is 0.316. The Morgan fingerprint density at radius 2 is 2.26 bits per heavy atom. The summed E-state index contributed by atoms with van der Waals surface area (Å²) < 4.78 is 1.86. The van der Waals surface area contributed by atoms with Crippen molar-refractivity contribution in [2.75, 3.05) is 12.3 Å². The smallest absolute Gasteiger partial charge is 0.233 e. The van der Waals surface area contributed by atoms with Gasteiger partial charge in [0.05, 0.1) is 17.5 Å². The lowest BCUT2D eigenvalue weighted by Crippen LogP contribution is -2.39. The number of fused-ring (bicyclic) bond motifs is 1. The highest BCUT2D eigenvalue weighted by molar-refractivity contribution is 7.99. The van der Waals surface area contributed by atoms with Gasteiger partial charge in [0.15, 0.2) is 5.16 Å². The molecule has 8 heteroatoms. The maximum Gasteiger partial charge on any atom is 0.233 e. The first kappa shape index (κ1) is 18.5. The van der Waals surface area contributed by atoms with Gasteiger partial charge in [0, 0.05) is 16.4 Å². The number of nitrogens with zero attached hydrogens (tertiary/aromatic N) is 4. The topological polar surface area (TPSA) is 51.0 Å². The van der Waals surface area contributed by atoms with Crippen LogP contribution in [0.2, 0.25) is 5.02 Å². The number of thiophene rings is 1. The number of hydrogen-bond donors (Lipinski definition) is 0. The van der Waals surface area contributed by atoms with Gasteiger partial charge in [-0.05, 0) is 55.0 Å². The second-order valence-electron chi connectivity index (χ2n) is 6.52.